The van der Waals surface area contributed by atoms with Gasteiger partial charge in [-0.3, -0.25) is 0 Å². The van der Waals surface area contributed by atoms with Crippen LogP contribution < -0.4 is 5.32 Å². The summed E-state index contributed by atoms with van der Waals surface area (Å²) in [4.78, 5) is 14.1. The molecule has 2 rings (SSSR count). The molecule has 0 saturated carbocycles. The van der Waals surface area contributed by atoms with Gasteiger partial charge >= 0.3 is 6.09 Å². The minimum Gasteiger partial charge on any atom is -0.449 e. The topological polar surface area (TPSA) is 41.6 Å². The normalized spacial score (nSPS) is 14.5. The zero-order chi connectivity index (χ0) is 14.9. The van der Waals surface area contributed by atoms with Crippen LogP contribution in [-0.4, -0.2) is 43.8 Å². The Bertz CT molecular complexity index is 418. The predicted molar refractivity (Wildman–Crippen MR) is 84.3 cm³/mol. The van der Waals surface area contributed by atoms with Crippen LogP contribution in [0, 0.1) is 5.92 Å². The Morgan fingerprint density at radius 2 is 2.10 bits per heavy atom. The molecule has 1 fully saturated rings. The van der Waals surface area contributed by atoms with E-state index in [-0.39, 0.29) is 6.09 Å². The third-order valence-corrected chi connectivity index (χ3v) is 3.84. The summed E-state index contributed by atoms with van der Waals surface area (Å²) in [5.41, 5.74) is 1.26. The predicted octanol–water partition coefficient (Wildman–Crippen LogP) is 2.69. The molecular weight excluding hydrogens is 264 g/mol. The lowest BCUT2D eigenvalue weighted by molar-refractivity contribution is 0.0906. The number of rotatable bonds is 8. The van der Waals surface area contributed by atoms with E-state index in [1.54, 1.807) is 0 Å². The molecule has 1 heterocycles. The monoisotopic (exact) mass is 290 g/mol. The summed E-state index contributed by atoms with van der Waals surface area (Å²) in [5.74, 6) is 0.569. The van der Waals surface area contributed by atoms with Crippen molar-refractivity contribution in [3.8, 4) is 0 Å². The van der Waals surface area contributed by atoms with Gasteiger partial charge in [0.25, 0.3) is 0 Å². The van der Waals surface area contributed by atoms with Crippen LogP contribution in [0.2, 0.25) is 0 Å². The second kappa shape index (κ2) is 8.67. The molecular formula is C17H26N2O2. The highest BCUT2D eigenvalue weighted by atomic mass is 16.6. The molecule has 0 unspecified atom stereocenters. The van der Waals surface area contributed by atoms with Crippen LogP contribution in [0.4, 0.5) is 4.79 Å². The third kappa shape index (κ3) is 5.38. The number of hydrogen-bond acceptors (Lipinski definition) is 3. The number of ether oxygens (including phenoxy) is 1. The van der Waals surface area contributed by atoms with Crippen molar-refractivity contribution in [2.75, 3.05) is 32.8 Å². The van der Waals surface area contributed by atoms with E-state index in [1.165, 1.54) is 5.56 Å². The van der Waals surface area contributed by atoms with E-state index in [4.69, 9.17) is 4.74 Å². The fourth-order valence-corrected chi connectivity index (χ4v) is 2.35. The molecule has 0 bridgehead atoms. The van der Waals surface area contributed by atoms with Gasteiger partial charge in [0.2, 0.25) is 0 Å². The molecule has 116 valence electrons. The van der Waals surface area contributed by atoms with E-state index in [1.807, 2.05) is 23.1 Å². The van der Waals surface area contributed by atoms with Crippen molar-refractivity contribution in [3.63, 3.8) is 0 Å². The van der Waals surface area contributed by atoms with E-state index < -0.39 is 0 Å². The minimum atomic E-state index is -0.161. The molecule has 0 aromatic heterocycles. The van der Waals surface area contributed by atoms with E-state index in [2.05, 4.69) is 24.4 Å². The van der Waals surface area contributed by atoms with E-state index in [0.717, 1.165) is 45.4 Å². The molecule has 0 spiro atoms. The first-order valence-corrected chi connectivity index (χ1v) is 7.96. The molecule has 1 aromatic carbocycles. The number of carbonyl (C=O) groups excluding carboxylic acids is 1. The van der Waals surface area contributed by atoms with Crippen molar-refractivity contribution in [3.05, 3.63) is 35.9 Å². The molecule has 1 amide bonds. The van der Waals surface area contributed by atoms with Gasteiger partial charge in [-0.15, -0.1) is 0 Å². The van der Waals surface area contributed by atoms with Crippen molar-refractivity contribution in [1.29, 1.82) is 0 Å². The first-order chi connectivity index (χ1) is 10.3. The largest absolute Gasteiger partial charge is 0.449 e. The molecule has 4 nitrogen and oxygen atoms in total. The van der Waals surface area contributed by atoms with Crippen molar-refractivity contribution in [2.45, 2.75) is 26.2 Å². The first kappa shape index (κ1) is 15.8. The number of benzene rings is 1. The Labute approximate surface area is 127 Å². The number of carbonyl (C=O) groups is 1. The van der Waals surface area contributed by atoms with Crippen LogP contribution in [0.5, 0.6) is 0 Å². The number of unbranched alkanes of at least 4 members (excludes halogenated alkanes) is 1. The summed E-state index contributed by atoms with van der Waals surface area (Å²) >= 11 is 0. The molecule has 4 heteroatoms. The van der Waals surface area contributed by atoms with Gasteiger partial charge in [0.1, 0.15) is 0 Å². The average molecular weight is 290 g/mol. The lowest BCUT2D eigenvalue weighted by Gasteiger charge is -2.32. The highest BCUT2D eigenvalue weighted by Crippen LogP contribution is 2.10. The highest BCUT2D eigenvalue weighted by Gasteiger charge is 2.23. The fourth-order valence-electron chi connectivity index (χ4n) is 2.35. The Balaban J connectivity index is 1.83. The number of nitrogens with one attached hydrogen (secondary N) is 1. The molecule has 0 atom stereocenters. The maximum Gasteiger partial charge on any atom is 0.409 e. The molecule has 1 N–H and O–H groups in total. The summed E-state index contributed by atoms with van der Waals surface area (Å²) in [6.45, 7) is 6.16. The van der Waals surface area contributed by atoms with E-state index >= 15 is 0 Å². The smallest absolute Gasteiger partial charge is 0.409 e. The summed E-state index contributed by atoms with van der Waals surface area (Å²) < 4.78 is 5.37. The Kier molecular flexibility index (Phi) is 6.54. The van der Waals surface area contributed by atoms with Crippen molar-refractivity contribution in [2.24, 2.45) is 5.92 Å². The third-order valence-electron chi connectivity index (χ3n) is 3.84. The van der Waals surface area contributed by atoms with Crippen LogP contribution >= 0.6 is 0 Å². The standard InChI is InChI=1S/C17H26N2O2/c1-2-3-11-21-17(20)19(14-16-12-18-13-16)10-9-15-7-5-4-6-8-15/h4-8,16,18H,2-3,9-14H2,1H3. The van der Waals surface area contributed by atoms with Gasteiger partial charge in [0.15, 0.2) is 0 Å². The maximum atomic E-state index is 12.2. The molecule has 1 aliphatic heterocycles. The Hall–Kier alpha value is -1.55. The van der Waals surface area contributed by atoms with Crippen LogP contribution in [0.3, 0.4) is 0 Å². The SMILES string of the molecule is CCCCOC(=O)N(CCc1ccccc1)CC1CNC1. The lowest BCUT2D eigenvalue weighted by atomic mass is 10.0. The molecule has 1 aromatic rings. The van der Waals surface area contributed by atoms with Gasteiger partial charge in [-0.1, -0.05) is 43.7 Å². The van der Waals surface area contributed by atoms with Gasteiger partial charge in [0.05, 0.1) is 6.61 Å². The van der Waals surface area contributed by atoms with E-state index in [9.17, 15) is 4.79 Å². The second-order valence-corrected chi connectivity index (χ2v) is 5.67. The number of hydrogen-bond donors (Lipinski definition) is 1. The Morgan fingerprint density at radius 1 is 1.33 bits per heavy atom. The summed E-state index contributed by atoms with van der Waals surface area (Å²) in [7, 11) is 0. The lowest BCUT2D eigenvalue weighted by Crippen LogP contribution is -2.50. The highest BCUT2D eigenvalue weighted by molar-refractivity contribution is 5.67. The van der Waals surface area contributed by atoms with Gasteiger partial charge in [-0.05, 0) is 18.4 Å². The molecule has 0 radical (unpaired) electrons. The minimum absolute atomic E-state index is 0.161. The summed E-state index contributed by atoms with van der Waals surface area (Å²) in [5, 5.41) is 3.25. The van der Waals surface area contributed by atoms with Gasteiger partial charge in [-0.25, -0.2) is 4.79 Å². The second-order valence-electron chi connectivity index (χ2n) is 5.67. The molecule has 1 saturated heterocycles. The van der Waals surface area contributed by atoms with Gasteiger partial charge < -0.3 is 15.0 Å². The number of nitrogens with zero attached hydrogens (tertiary/aromatic N) is 1. The first-order valence-electron chi connectivity index (χ1n) is 7.96. The van der Waals surface area contributed by atoms with Crippen LogP contribution in [-0.2, 0) is 11.2 Å². The molecule has 1 aliphatic rings. The van der Waals surface area contributed by atoms with Crippen LogP contribution in [0.25, 0.3) is 0 Å². The quantitative estimate of drug-likeness (QED) is 0.748. The maximum absolute atomic E-state index is 12.2. The van der Waals surface area contributed by atoms with Gasteiger partial charge in [0, 0.05) is 32.1 Å². The molecule has 0 aliphatic carbocycles. The molecule has 21 heavy (non-hydrogen) atoms. The Morgan fingerprint density at radius 3 is 2.71 bits per heavy atom. The summed E-state index contributed by atoms with van der Waals surface area (Å²) in [6, 6.07) is 10.3. The summed E-state index contributed by atoms with van der Waals surface area (Å²) in [6.07, 6.45) is 2.70. The van der Waals surface area contributed by atoms with Crippen LogP contribution in [0.1, 0.15) is 25.3 Å². The van der Waals surface area contributed by atoms with Crippen LogP contribution in [0.15, 0.2) is 30.3 Å². The van der Waals surface area contributed by atoms with E-state index in [0.29, 0.717) is 12.5 Å². The zero-order valence-electron chi connectivity index (χ0n) is 12.9. The van der Waals surface area contributed by atoms with Crippen molar-refractivity contribution >= 4 is 6.09 Å². The van der Waals surface area contributed by atoms with Crippen molar-refractivity contribution < 1.29 is 9.53 Å². The number of amides is 1. The zero-order valence-corrected chi connectivity index (χ0v) is 12.9. The van der Waals surface area contributed by atoms with Crippen molar-refractivity contribution in [1.82, 2.24) is 10.2 Å². The average Bonchev–Trinajstić information content (AvgIpc) is 2.46. The van der Waals surface area contributed by atoms with Gasteiger partial charge in [-0.2, -0.15) is 0 Å². The fraction of sp³-hybridized carbons (Fsp3) is 0.588.